The Labute approximate surface area is 186 Å². The molecule has 0 saturated carbocycles. The summed E-state index contributed by atoms with van der Waals surface area (Å²) in [7, 11) is 0. The monoisotopic (exact) mass is 437 g/mol. The first-order chi connectivity index (χ1) is 15.2. The lowest BCUT2D eigenvalue weighted by atomic mass is 10.2. The number of hydrogen-bond acceptors (Lipinski definition) is 7. The van der Waals surface area contributed by atoms with E-state index in [4.69, 9.17) is 4.42 Å². The maximum absolute atomic E-state index is 12.3. The van der Waals surface area contributed by atoms with Crippen molar-refractivity contribution in [3.8, 4) is 0 Å². The van der Waals surface area contributed by atoms with Crippen molar-refractivity contribution in [3.05, 3.63) is 66.1 Å². The van der Waals surface area contributed by atoms with Gasteiger partial charge in [0.05, 0.1) is 12.2 Å². The van der Waals surface area contributed by atoms with Gasteiger partial charge in [0.2, 0.25) is 11.8 Å². The van der Waals surface area contributed by atoms with Gasteiger partial charge in [-0.15, -0.1) is 10.2 Å². The van der Waals surface area contributed by atoms with Crippen molar-refractivity contribution in [1.82, 2.24) is 15.1 Å². The molecule has 2 aromatic carbocycles. The first-order valence-corrected chi connectivity index (χ1v) is 11.5. The first kappa shape index (κ1) is 21.4. The van der Waals surface area contributed by atoms with Crippen LogP contribution in [0.25, 0.3) is 0 Å². The lowest BCUT2D eigenvalue weighted by Gasteiger charge is -2.35. The highest BCUT2D eigenvalue weighted by Crippen LogP contribution is 2.21. The molecule has 0 radical (unpaired) electrons. The predicted molar refractivity (Wildman–Crippen MR) is 124 cm³/mol. The Kier molecular flexibility index (Phi) is 7.22. The smallest absolute Gasteiger partial charge is 0.277 e. The van der Waals surface area contributed by atoms with Crippen molar-refractivity contribution in [2.24, 2.45) is 0 Å². The summed E-state index contributed by atoms with van der Waals surface area (Å²) >= 11 is 1.24. The minimum absolute atomic E-state index is 0.0999. The van der Waals surface area contributed by atoms with Gasteiger partial charge >= 0.3 is 0 Å². The highest BCUT2D eigenvalue weighted by Gasteiger charge is 2.16. The number of amides is 1. The number of carbonyl (C=O) groups excluding carboxylic acids is 1. The van der Waals surface area contributed by atoms with Gasteiger partial charge in [-0.25, -0.2) is 0 Å². The van der Waals surface area contributed by atoms with Gasteiger partial charge in [0.25, 0.3) is 5.22 Å². The maximum Gasteiger partial charge on any atom is 0.277 e. The molecule has 1 saturated heterocycles. The quantitative estimate of drug-likeness (QED) is 0.540. The van der Waals surface area contributed by atoms with Crippen LogP contribution in [0.3, 0.4) is 0 Å². The summed E-state index contributed by atoms with van der Waals surface area (Å²) in [5.41, 5.74) is 3.09. The third-order valence-corrected chi connectivity index (χ3v) is 6.13. The summed E-state index contributed by atoms with van der Waals surface area (Å²) in [4.78, 5) is 17.1. The molecule has 0 spiro atoms. The molecule has 31 heavy (non-hydrogen) atoms. The van der Waals surface area contributed by atoms with Crippen molar-refractivity contribution >= 4 is 29.0 Å². The zero-order valence-corrected chi connectivity index (χ0v) is 18.5. The molecule has 3 aromatic rings. The molecule has 7 nitrogen and oxygen atoms in total. The summed E-state index contributed by atoms with van der Waals surface area (Å²) in [5, 5.41) is 11.4. The van der Waals surface area contributed by atoms with E-state index in [1.165, 1.54) is 17.4 Å². The minimum Gasteiger partial charge on any atom is -0.416 e. The van der Waals surface area contributed by atoms with E-state index in [-0.39, 0.29) is 11.7 Å². The summed E-state index contributed by atoms with van der Waals surface area (Å²) in [6, 6.07) is 18.0. The average molecular weight is 438 g/mol. The summed E-state index contributed by atoms with van der Waals surface area (Å²) < 4.78 is 5.64. The summed E-state index contributed by atoms with van der Waals surface area (Å²) in [6.45, 7) is 7.56. The predicted octanol–water partition coefficient (Wildman–Crippen LogP) is 3.53. The van der Waals surface area contributed by atoms with Crippen LogP contribution in [0.5, 0.6) is 0 Å². The highest BCUT2D eigenvalue weighted by molar-refractivity contribution is 7.99. The zero-order chi connectivity index (χ0) is 21.5. The first-order valence-electron chi connectivity index (χ1n) is 10.6. The molecule has 0 atom stereocenters. The van der Waals surface area contributed by atoms with E-state index >= 15 is 0 Å². The van der Waals surface area contributed by atoms with Gasteiger partial charge in [-0.3, -0.25) is 4.79 Å². The summed E-state index contributed by atoms with van der Waals surface area (Å²) in [5.74, 6) is 0.662. The third kappa shape index (κ3) is 6.08. The van der Waals surface area contributed by atoms with Crippen molar-refractivity contribution in [2.75, 3.05) is 48.7 Å². The average Bonchev–Trinajstić information content (AvgIpc) is 3.26. The molecule has 0 aliphatic carbocycles. The molecule has 1 aliphatic rings. The van der Waals surface area contributed by atoms with Crippen LogP contribution in [0.1, 0.15) is 18.4 Å². The van der Waals surface area contributed by atoms with E-state index in [1.807, 2.05) is 42.5 Å². The third-order valence-electron chi connectivity index (χ3n) is 5.31. The number of likely N-dealkylation sites (N-methyl/N-ethyl adjacent to an activating group) is 1. The number of hydrogen-bond donors (Lipinski definition) is 1. The van der Waals surface area contributed by atoms with Crippen molar-refractivity contribution in [2.45, 2.75) is 18.6 Å². The number of nitrogens with one attached hydrogen (secondary N) is 1. The number of rotatable bonds is 8. The number of benzene rings is 2. The number of thioether (sulfide) groups is 1. The summed E-state index contributed by atoms with van der Waals surface area (Å²) in [6.07, 6.45) is 0.584. The molecule has 2 heterocycles. The fraction of sp³-hybridized carbons (Fsp3) is 0.348. The Bertz CT molecular complexity index is 969. The Morgan fingerprint density at radius 1 is 1.03 bits per heavy atom. The second kappa shape index (κ2) is 10.5. The fourth-order valence-electron chi connectivity index (χ4n) is 3.54. The number of piperazine rings is 1. The van der Waals surface area contributed by atoms with Gasteiger partial charge in [0, 0.05) is 37.6 Å². The van der Waals surface area contributed by atoms with Crippen LogP contribution in [0, 0.1) is 0 Å². The minimum atomic E-state index is -0.0999. The van der Waals surface area contributed by atoms with Crippen molar-refractivity contribution in [3.63, 3.8) is 0 Å². The van der Waals surface area contributed by atoms with E-state index in [1.54, 1.807) is 0 Å². The van der Waals surface area contributed by atoms with E-state index < -0.39 is 0 Å². The van der Waals surface area contributed by atoms with E-state index in [9.17, 15) is 4.79 Å². The van der Waals surface area contributed by atoms with Gasteiger partial charge in [-0.05, 0) is 36.4 Å². The van der Waals surface area contributed by atoms with E-state index in [0.29, 0.717) is 17.5 Å². The second-order valence-electron chi connectivity index (χ2n) is 7.43. The van der Waals surface area contributed by atoms with Crippen LogP contribution in [0.15, 0.2) is 64.2 Å². The second-order valence-corrected chi connectivity index (χ2v) is 8.36. The molecule has 8 heteroatoms. The Hall–Kier alpha value is -2.84. The molecule has 1 aliphatic heterocycles. The van der Waals surface area contributed by atoms with Crippen LogP contribution < -0.4 is 10.2 Å². The SMILES string of the molecule is CCN1CCN(c2ccc(NC(=O)CSc3nnc(Cc4ccccc4)o3)cc2)CC1. The Balaban J connectivity index is 1.23. The lowest BCUT2D eigenvalue weighted by Crippen LogP contribution is -2.46. The Morgan fingerprint density at radius 3 is 2.48 bits per heavy atom. The Morgan fingerprint density at radius 2 is 1.77 bits per heavy atom. The maximum atomic E-state index is 12.3. The molecular formula is C23H27N5O2S. The molecule has 1 aromatic heterocycles. The number of nitrogens with zero attached hydrogens (tertiary/aromatic N) is 4. The molecule has 1 fully saturated rings. The number of anilines is 2. The lowest BCUT2D eigenvalue weighted by molar-refractivity contribution is -0.113. The molecule has 0 unspecified atom stereocenters. The highest BCUT2D eigenvalue weighted by atomic mass is 32.2. The fourth-order valence-corrected chi connectivity index (χ4v) is 4.12. The van der Waals surface area contributed by atoms with E-state index in [0.717, 1.165) is 44.0 Å². The number of carbonyl (C=O) groups is 1. The normalized spacial score (nSPS) is 14.5. The van der Waals surface area contributed by atoms with Gasteiger partial charge in [0.1, 0.15) is 0 Å². The largest absolute Gasteiger partial charge is 0.416 e. The van der Waals surface area contributed by atoms with Crippen LogP contribution in [0.4, 0.5) is 11.4 Å². The van der Waals surface area contributed by atoms with Gasteiger partial charge in [-0.2, -0.15) is 0 Å². The standard InChI is InChI=1S/C23H27N5O2S/c1-2-27-12-14-28(15-13-27)20-10-8-19(9-11-20)24-21(29)17-31-23-26-25-22(30-23)16-18-6-4-3-5-7-18/h3-11H,2,12-17H2,1H3,(H,24,29). The van der Waals surface area contributed by atoms with Crippen molar-refractivity contribution < 1.29 is 9.21 Å². The van der Waals surface area contributed by atoms with Crippen LogP contribution >= 0.6 is 11.8 Å². The zero-order valence-electron chi connectivity index (χ0n) is 17.7. The molecule has 1 N–H and O–H groups in total. The molecule has 162 valence electrons. The molecular weight excluding hydrogens is 410 g/mol. The topological polar surface area (TPSA) is 74.5 Å². The van der Waals surface area contributed by atoms with Crippen LogP contribution in [-0.4, -0.2) is 59.5 Å². The molecule has 0 bridgehead atoms. The van der Waals surface area contributed by atoms with E-state index in [2.05, 4.69) is 44.4 Å². The van der Waals surface area contributed by atoms with Crippen LogP contribution in [0.2, 0.25) is 0 Å². The molecule has 4 rings (SSSR count). The number of aromatic nitrogens is 2. The van der Waals surface area contributed by atoms with Gasteiger partial charge in [-0.1, -0.05) is 49.0 Å². The van der Waals surface area contributed by atoms with Gasteiger partial charge in [0.15, 0.2) is 0 Å². The molecule has 1 amide bonds. The van der Waals surface area contributed by atoms with Crippen LogP contribution in [-0.2, 0) is 11.2 Å². The van der Waals surface area contributed by atoms with Gasteiger partial charge < -0.3 is 19.5 Å². The van der Waals surface area contributed by atoms with Crippen molar-refractivity contribution in [1.29, 1.82) is 0 Å².